The Morgan fingerprint density at radius 2 is 1.13 bits per heavy atom. The quantitative estimate of drug-likeness (QED) is 0.335. The highest BCUT2D eigenvalue weighted by Gasteiger charge is 2.28. The molecule has 0 spiro atoms. The van der Waals surface area contributed by atoms with E-state index < -0.39 is 0 Å². The molecule has 0 bridgehead atoms. The molecule has 30 heavy (non-hydrogen) atoms. The Labute approximate surface area is 176 Å². The second kappa shape index (κ2) is 8.56. The normalized spacial score (nSPS) is 27.2. The maximum atomic E-state index is 6.18. The number of rotatable bonds is 4. The van der Waals surface area contributed by atoms with E-state index in [0.717, 1.165) is 18.5 Å². The van der Waals surface area contributed by atoms with Crippen molar-refractivity contribution in [2.75, 3.05) is 47.0 Å². The van der Waals surface area contributed by atoms with Crippen molar-refractivity contribution in [3.05, 3.63) is 24.3 Å². The molecule has 4 atom stereocenters. The minimum absolute atomic E-state index is 0.0284. The first kappa shape index (κ1) is 20.5. The van der Waals surface area contributed by atoms with Crippen LogP contribution in [0.1, 0.15) is 12.8 Å². The van der Waals surface area contributed by atoms with Gasteiger partial charge in [-0.15, -0.1) is 0 Å². The Bertz CT molecular complexity index is 794. The number of aromatic nitrogens is 3. The first-order valence-corrected chi connectivity index (χ1v) is 10.3. The molecule has 162 valence electrons. The summed E-state index contributed by atoms with van der Waals surface area (Å²) in [5, 5.41) is 3.24. The summed E-state index contributed by atoms with van der Waals surface area (Å²) >= 11 is 0. The second-order valence-corrected chi connectivity index (χ2v) is 8.33. The molecule has 11 heteroatoms. The van der Waals surface area contributed by atoms with E-state index in [0.29, 0.717) is 49.7 Å². The smallest absolute Gasteiger partial charge is 0.233 e. The van der Waals surface area contributed by atoms with E-state index in [1.54, 1.807) is 0 Å². The van der Waals surface area contributed by atoms with Crippen LogP contribution in [0.4, 0.5) is 29.2 Å². The van der Waals surface area contributed by atoms with Crippen molar-refractivity contribution < 1.29 is 0 Å². The zero-order chi connectivity index (χ0) is 21.3. The summed E-state index contributed by atoms with van der Waals surface area (Å²) in [7, 11) is 0. The van der Waals surface area contributed by atoms with Crippen LogP contribution in [0.25, 0.3) is 0 Å². The molecule has 2 aliphatic rings. The standard InChI is InChI=1S/C19H31N11/c20-11-1-3-16(4-2-11)25-17-26-18(29-7-12(21)5-13(22)8-29)28-19(27-17)30-9-14(23)6-15(24)10-30/h1-4,12-15H,5-10,20-24H2,(H,25,26,27,28). The van der Waals surface area contributed by atoms with Crippen molar-refractivity contribution in [2.24, 2.45) is 22.9 Å². The van der Waals surface area contributed by atoms with Gasteiger partial charge >= 0.3 is 0 Å². The molecule has 2 aliphatic heterocycles. The Morgan fingerprint density at radius 3 is 1.57 bits per heavy atom. The van der Waals surface area contributed by atoms with Crippen LogP contribution in [0.5, 0.6) is 0 Å². The third-order valence-corrected chi connectivity index (χ3v) is 5.37. The lowest BCUT2D eigenvalue weighted by Crippen LogP contribution is -2.54. The molecule has 2 saturated heterocycles. The molecule has 4 unspecified atom stereocenters. The number of nitrogens with one attached hydrogen (secondary N) is 1. The maximum absolute atomic E-state index is 6.18. The van der Waals surface area contributed by atoms with Crippen LogP contribution < -0.4 is 43.8 Å². The van der Waals surface area contributed by atoms with Crippen molar-refractivity contribution >= 4 is 29.2 Å². The summed E-state index contributed by atoms with van der Waals surface area (Å²) < 4.78 is 0. The van der Waals surface area contributed by atoms with Crippen LogP contribution >= 0.6 is 0 Å². The number of anilines is 5. The zero-order valence-corrected chi connectivity index (χ0v) is 17.0. The number of piperidine rings is 2. The van der Waals surface area contributed by atoms with E-state index in [4.69, 9.17) is 33.7 Å². The van der Waals surface area contributed by atoms with Crippen LogP contribution in [-0.4, -0.2) is 65.3 Å². The molecule has 0 radical (unpaired) electrons. The fourth-order valence-electron chi connectivity index (χ4n) is 4.07. The molecule has 2 fully saturated rings. The molecule has 3 heterocycles. The van der Waals surface area contributed by atoms with Gasteiger partial charge in [0.15, 0.2) is 0 Å². The fraction of sp³-hybridized carbons (Fsp3) is 0.526. The average molecular weight is 414 g/mol. The minimum Gasteiger partial charge on any atom is -0.399 e. The lowest BCUT2D eigenvalue weighted by atomic mass is 10.0. The van der Waals surface area contributed by atoms with Crippen molar-refractivity contribution in [3.63, 3.8) is 0 Å². The number of hydrogen-bond donors (Lipinski definition) is 6. The van der Waals surface area contributed by atoms with Crippen LogP contribution in [0.15, 0.2) is 24.3 Å². The van der Waals surface area contributed by atoms with E-state index in [9.17, 15) is 0 Å². The third kappa shape index (κ3) is 4.87. The number of nitrogen functional groups attached to an aromatic ring is 1. The Kier molecular flexibility index (Phi) is 5.86. The number of hydrogen-bond acceptors (Lipinski definition) is 11. The number of benzene rings is 1. The zero-order valence-electron chi connectivity index (χ0n) is 17.0. The highest BCUT2D eigenvalue weighted by molar-refractivity contribution is 5.59. The van der Waals surface area contributed by atoms with Gasteiger partial charge in [0.1, 0.15) is 0 Å². The van der Waals surface area contributed by atoms with Crippen LogP contribution in [0.3, 0.4) is 0 Å². The highest BCUT2D eigenvalue weighted by Crippen LogP contribution is 2.24. The number of nitrogens with zero attached hydrogens (tertiary/aromatic N) is 5. The van der Waals surface area contributed by atoms with Crippen molar-refractivity contribution in [2.45, 2.75) is 37.0 Å². The van der Waals surface area contributed by atoms with Crippen molar-refractivity contribution in [1.29, 1.82) is 0 Å². The molecular formula is C19H31N11. The fourth-order valence-corrected chi connectivity index (χ4v) is 4.07. The molecule has 4 rings (SSSR count). The van der Waals surface area contributed by atoms with Crippen molar-refractivity contribution in [1.82, 2.24) is 15.0 Å². The molecule has 11 N–H and O–H groups in total. The molecular weight excluding hydrogens is 382 g/mol. The minimum atomic E-state index is -0.0284. The largest absolute Gasteiger partial charge is 0.399 e. The van der Waals surface area contributed by atoms with Gasteiger partial charge in [-0.25, -0.2) is 0 Å². The Morgan fingerprint density at radius 1 is 0.700 bits per heavy atom. The van der Waals surface area contributed by atoms with E-state index in [1.807, 2.05) is 34.1 Å². The van der Waals surface area contributed by atoms with Gasteiger partial charge in [0.05, 0.1) is 0 Å². The Hall–Kier alpha value is -2.73. The van der Waals surface area contributed by atoms with Crippen molar-refractivity contribution in [3.8, 4) is 0 Å². The molecule has 1 aromatic heterocycles. The average Bonchev–Trinajstić information content (AvgIpc) is 2.68. The molecule has 0 amide bonds. The third-order valence-electron chi connectivity index (χ3n) is 5.37. The summed E-state index contributed by atoms with van der Waals surface area (Å²) in [4.78, 5) is 18.0. The van der Waals surface area contributed by atoms with Gasteiger partial charge in [-0.2, -0.15) is 15.0 Å². The second-order valence-electron chi connectivity index (χ2n) is 8.33. The molecule has 2 aromatic rings. The topological polar surface area (TPSA) is 187 Å². The molecule has 0 saturated carbocycles. The van der Waals surface area contributed by atoms with Crippen LogP contribution in [0.2, 0.25) is 0 Å². The Balaban J connectivity index is 1.67. The van der Waals surface area contributed by atoms with Crippen LogP contribution in [0, 0.1) is 0 Å². The summed E-state index contributed by atoms with van der Waals surface area (Å²) in [6.07, 6.45) is 1.56. The summed E-state index contributed by atoms with van der Waals surface area (Å²) in [5.74, 6) is 1.51. The van der Waals surface area contributed by atoms with Gasteiger partial charge in [-0.3, -0.25) is 0 Å². The highest BCUT2D eigenvalue weighted by atomic mass is 15.4. The van der Waals surface area contributed by atoms with E-state index in [-0.39, 0.29) is 24.2 Å². The van der Waals surface area contributed by atoms with Gasteiger partial charge in [0, 0.05) is 61.7 Å². The molecule has 1 aromatic carbocycles. The predicted octanol–water partition coefficient (Wildman–Crippen LogP) is -1.07. The van der Waals surface area contributed by atoms with E-state index in [2.05, 4.69) is 15.3 Å². The van der Waals surface area contributed by atoms with Crippen LogP contribution in [-0.2, 0) is 0 Å². The summed E-state index contributed by atoms with van der Waals surface area (Å²) in [6.45, 7) is 2.55. The van der Waals surface area contributed by atoms with E-state index >= 15 is 0 Å². The van der Waals surface area contributed by atoms with Gasteiger partial charge in [-0.1, -0.05) is 0 Å². The summed E-state index contributed by atoms with van der Waals surface area (Å²) in [6, 6.07) is 7.26. The van der Waals surface area contributed by atoms with E-state index in [1.165, 1.54) is 0 Å². The number of nitrogens with two attached hydrogens (primary N) is 5. The predicted molar refractivity (Wildman–Crippen MR) is 120 cm³/mol. The first-order chi connectivity index (χ1) is 14.4. The van der Waals surface area contributed by atoms with Gasteiger partial charge < -0.3 is 43.8 Å². The molecule has 0 aliphatic carbocycles. The SMILES string of the molecule is Nc1ccc(Nc2nc(N3CC(N)CC(N)C3)nc(N3CC(N)CC(N)C3)n2)cc1. The lowest BCUT2D eigenvalue weighted by Gasteiger charge is -2.37. The van der Waals surface area contributed by atoms with Gasteiger partial charge in [0.25, 0.3) is 0 Å². The monoisotopic (exact) mass is 413 g/mol. The lowest BCUT2D eigenvalue weighted by molar-refractivity contribution is 0.441. The van der Waals surface area contributed by atoms with Gasteiger partial charge in [0.2, 0.25) is 17.8 Å². The molecule has 11 nitrogen and oxygen atoms in total. The maximum Gasteiger partial charge on any atom is 0.233 e. The first-order valence-electron chi connectivity index (χ1n) is 10.3. The summed E-state index contributed by atoms with van der Waals surface area (Å²) in [5.41, 5.74) is 32.0. The van der Waals surface area contributed by atoms with Gasteiger partial charge in [-0.05, 0) is 37.1 Å².